The van der Waals surface area contributed by atoms with Gasteiger partial charge in [0.1, 0.15) is 11.5 Å². The van der Waals surface area contributed by atoms with Gasteiger partial charge in [0.05, 0.1) is 5.88 Å². The Morgan fingerprint density at radius 3 is 2.77 bits per heavy atom. The molecule has 0 aliphatic carbocycles. The van der Waals surface area contributed by atoms with Crippen LogP contribution in [0.25, 0.3) is 0 Å². The molecule has 0 saturated heterocycles. The van der Waals surface area contributed by atoms with Crippen molar-refractivity contribution in [2.24, 2.45) is 0 Å². The van der Waals surface area contributed by atoms with Gasteiger partial charge in [0.25, 0.3) is 0 Å². The van der Waals surface area contributed by atoms with Crippen molar-refractivity contribution >= 4 is 17.4 Å². The number of hydrogen-bond acceptors (Lipinski definition) is 2. The van der Waals surface area contributed by atoms with E-state index in [9.17, 15) is 9.90 Å². The summed E-state index contributed by atoms with van der Waals surface area (Å²) in [7, 11) is 0. The number of Topliss-reactive ketones (excluding diaryl/α,β-unsaturated/α-hetero) is 1. The number of carbonyl (C=O) groups is 1. The first-order valence-corrected chi connectivity index (χ1v) is 4.53. The quantitative estimate of drug-likeness (QED) is 0.757. The molecule has 0 saturated carbocycles. The predicted molar refractivity (Wildman–Crippen MR) is 52.0 cm³/mol. The van der Waals surface area contributed by atoms with E-state index in [1.807, 2.05) is 0 Å². The van der Waals surface area contributed by atoms with Gasteiger partial charge in [-0.1, -0.05) is 12.1 Å². The lowest BCUT2D eigenvalue weighted by molar-refractivity contribution is -0.116. The zero-order valence-electron chi connectivity index (χ0n) is 7.38. The first-order valence-electron chi connectivity index (χ1n) is 4.00. The molecule has 2 nitrogen and oxygen atoms in total. The van der Waals surface area contributed by atoms with Gasteiger partial charge in [-0.15, -0.1) is 11.6 Å². The van der Waals surface area contributed by atoms with Gasteiger partial charge in [-0.2, -0.15) is 0 Å². The van der Waals surface area contributed by atoms with Gasteiger partial charge in [-0.05, 0) is 18.6 Å². The molecule has 0 atom stereocenters. The highest BCUT2D eigenvalue weighted by molar-refractivity contribution is 6.17. The molecule has 70 valence electrons. The van der Waals surface area contributed by atoms with Crippen molar-refractivity contribution in [3.63, 3.8) is 0 Å². The Hall–Kier alpha value is -1.02. The molecular weight excluding hydrogens is 188 g/mol. The third-order valence-electron chi connectivity index (χ3n) is 1.82. The summed E-state index contributed by atoms with van der Waals surface area (Å²) < 4.78 is 0. The van der Waals surface area contributed by atoms with Crippen molar-refractivity contribution in [2.45, 2.75) is 19.2 Å². The van der Waals surface area contributed by atoms with E-state index in [4.69, 9.17) is 11.6 Å². The highest BCUT2D eigenvalue weighted by Crippen LogP contribution is 2.23. The molecule has 0 aliphatic rings. The molecule has 0 radical (unpaired) electrons. The van der Waals surface area contributed by atoms with Crippen LogP contribution in [0.2, 0.25) is 0 Å². The number of hydrogen-bond donors (Lipinski definition) is 1. The molecule has 0 bridgehead atoms. The van der Waals surface area contributed by atoms with Crippen LogP contribution in [0.3, 0.4) is 0 Å². The fourth-order valence-corrected chi connectivity index (χ4v) is 1.52. The minimum atomic E-state index is 0.0666. The molecule has 1 N–H and O–H groups in total. The summed E-state index contributed by atoms with van der Waals surface area (Å²) in [4.78, 5) is 10.9. The lowest BCUT2D eigenvalue weighted by Crippen LogP contribution is -1.99. The lowest BCUT2D eigenvalue weighted by Gasteiger charge is -2.06. The average molecular weight is 199 g/mol. The Labute approximate surface area is 82.2 Å². The summed E-state index contributed by atoms with van der Waals surface area (Å²) in [5.41, 5.74) is 1.46. The van der Waals surface area contributed by atoms with Crippen molar-refractivity contribution in [1.82, 2.24) is 0 Å². The first kappa shape index (κ1) is 10.1. The topological polar surface area (TPSA) is 37.3 Å². The van der Waals surface area contributed by atoms with Gasteiger partial charge in [0.15, 0.2) is 0 Å². The van der Waals surface area contributed by atoms with E-state index >= 15 is 0 Å². The van der Waals surface area contributed by atoms with Crippen molar-refractivity contribution in [2.75, 3.05) is 0 Å². The zero-order valence-corrected chi connectivity index (χ0v) is 8.14. The minimum absolute atomic E-state index is 0.0666. The van der Waals surface area contributed by atoms with Crippen LogP contribution in [0.1, 0.15) is 18.1 Å². The molecule has 0 amide bonds. The van der Waals surface area contributed by atoms with Crippen LogP contribution in [0.4, 0.5) is 0 Å². The van der Waals surface area contributed by atoms with Crippen LogP contribution in [0.5, 0.6) is 5.75 Å². The standard InChI is InChI=1S/C10H11ClO2/c1-7(12)5-8-3-2-4-10(13)9(8)6-11/h2-4,13H,5-6H2,1H3. The maximum atomic E-state index is 10.9. The summed E-state index contributed by atoms with van der Waals surface area (Å²) in [6, 6.07) is 5.09. The number of benzene rings is 1. The lowest BCUT2D eigenvalue weighted by atomic mass is 10.0. The van der Waals surface area contributed by atoms with Gasteiger partial charge in [-0.25, -0.2) is 0 Å². The van der Waals surface area contributed by atoms with E-state index in [0.29, 0.717) is 12.0 Å². The average Bonchev–Trinajstić information content (AvgIpc) is 2.03. The number of aromatic hydroxyl groups is 1. The largest absolute Gasteiger partial charge is 0.508 e. The van der Waals surface area contributed by atoms with Crippen LogP contribution in [0.15, 0.2) is 18.2 Å². The Bertz CT molecular complexity index is 321. The molecule has 0 fully saturated rings. The number of ketones is 1. The van der Waals surface area contributed by atoms with Gasteiger partial charge in [0, 0.05) is 12.0 Å². The fraction of sp³-hybridized carbons (Fsp3) is 0.300. The third-order valence-corrected chi connectivity index (χ3v) is 2.09. The monoisotopic (exact) mass is 198 g/mol. The summed E-state index contributed by atoms with van der Waals surface area (Å²) in [5.74, 6) is 0.459. The summed E-state index contributed by atoms with van der Waals surface area (Å²) in [6.45, 7) is 1.52. The van der Waals surface area contributed by atoms with E-state index in [0.717, 1.165) is 5.56 Å². The predicted octanol–water partition coefficient (Wildman–Crippen LogP) is 2.26. The number of rotatable bonds is 3. The summed E-state index contributed by atoms with van der Waals surface area (Å²) in [5, 5.41) is 9.41. The summed E-state index contributed by atoms with van der Waals surface area (Å²) >= 11 is 5.65. The second-order valence-corrected chi connectivity index (χ2v) is 3.19. The van der Waals surface area contributed by atoms with E-state index in [2.05, 4.69) is 0 Å². The Kier molecular flexibility index (Phi) is 3.32. The SMILES string of the molecule is CC(=O)Cc1cccc(O)c1CCl. The fourth-order valence-electron chi connectivity index (χ4n) is 1.21. The van der Waals surface area contributed by atoms with Gasteiger partial charge >= 0.3 is 0 Å². The number of halogens is 1. The van der Waals surface area contributed by atoms with Gasteiger partial charge < -0.3 is 5.11 Å². The molecule has 1 rings (SSSR count). The van der Waals surface area contributed by atoms with Gasteiger partial charge in [0.2, 0.25) is 0 Å². The first-order chi connectivity index (χ1) is 6.15. The van der Waals surface area contributed by atoms with Crippen molar-refractivity contribution in [3.05, 3.63) is 29.3 Å². The van der Waals surface area contributed by atoms with E-state index < -0.39 is 0 Å². The molecule has 1 aromatic carbocycles. The van der Waals surface area contributed by atoms with Crippen LogP contribution < -0.4 is 0 Å². The smallest absolute Gasteiger partial charge is 0.134 e. The maximum Gasteiger partial charge on any atom is 0.134 e. The molecule has 0 aliphatic heterocycles. The normalized spacial score (nSPS) is 10.0. The Morgan fingerprint density at radius 1 is 1.54 bits per heavy atom. The highest BCUT2D eigenvalue weighted by Gasteiger charge is 2.07. The summed E-state index contributed by atoms with van der Waals surface area (Å²) in [6.07, 6.45) is 0.330. The zero-order chi connectivity index (χ0) is 9.84. The van der Waals surface area contributed by atoms with Crippen LogP contribution in [-0.2, 0) is 17.1 Å². The van der Waals surface area contributed by atoms with Crippen molar-refractivity contribution < 1.29 is 9.90 Å². The Morgan fingerprint density at radius 2 is 2.23 bits per heavy atom. The van der Waals surface area contributed by atoms with Crippen LogP contribution >= 0.6 is 11.6 Å². The van der Waals surface area contributed by atoms with Gasteiger partial charge in [-0.3, -0.25) is 4.79 Å². The molecular formula is C10H11ClO2. The number of alkyl halides is 1. The molecule has 3 heteroatoms. The van der Waals surface area contributed by atoms with E-state index in [-0.39, 0.29) is 17.4 Å². The number of phenols is 1. The third kappa shape index (κ3) is 2.46. The Balaban J connectivity index is 3.05. The van der Waals surface area contributed by atoms with E-state index in [1.54, 1.807) is 18.2 Å². The molecule has 1 aromatic rings. The van der Waals surface area contributed by atoms with Crippen LogP contribution in [0, 0.1) is 0 Å². The molecule has 13 heavy (non-hydrogen) atoms. The molecule has 0 spiro atoms. The van der Waals surface area contributed by atoms with Crippen molar-refractivity contribution in [3.8, 4) is 5.75 Å². The maximum absolute atomic E-state index is 10.9. The number of carbonyl (C=O) groups excluding carboxylic acids is 1. The van der Waals surface area contributed by atoms with E-state index in [1.165, 1.54) is 6.92 Å². The molecule has 0 heterocycles. The second-order valence-electron chi connectivity index (χ2n) is 2.93. The molecule has 0 aromatic heterocycles. The van der Waals surface area contributed by atoms with Crippen LogP contribution in [-0.4, -0.2) is 10.9 Å². The molecule has 0 unspecified atom stereocenters. The highest BCUT2D eigenvalue weighted by atomic mass is 35.5. The van der Waals surface area contributed by atoms with Crippen molar-refractivity contribution in [1.29, 1.82) is 0 Å². The number of phenolic OH excluding ortho intramolecular Hbond substituents is 1. The minimum Gasteiger partial charge on any atom is -0.508 e. The second kappa shape index (κ2) is 4.28.